The molecule has 0 aliphatic heterocycles. The molecule has 0 radical (unpaired) electrons. The standard InChI is InChI=1S/C11H27NO6P2/c1-6-15-19(13,16-7-2)10(5)11(12)20(14,17-8-3)18-9-4/h10-11H,6-9,12H2,1-5H3. The van der Waals surface area contributed by atoms with Gasteiger partial charge in [-0.05, 0) is 34.6 Å². The molecule has 0 amide bonds. The quantitative estimate of drug-likeness (QED) is 0.581. The maximum Gasteiger partial charge on any atom is 0.348 e. The second-order valence-corrected chi connectivity index (χ2v) is 8.58. The van der Waals surface area contributed by atoms with Gasteiger partial charge in [-0.15, -0.1) is 0 Å². The Balaban J connectivity index is 5.25. The summed E-state index contributed by atoms with van der Waals surface area (Å²) in [6.45, 7) is 9.15. The van der Waals surface area contributed by atoms with Crippen LogP contribution in [0, 0.1) is 0 Å². The molecule has 0 aromatic heterocycles. The fraction of sp³-hybridized carbons (Fsp3) is 1.00. The average Bonchev–Trinajstić information content (AvgIpc) is 2.38. The van der Waals surface area contributed by atoms with Gasteiger partial charge >= 0.3 is 15.2 Å². The highest BCUT2D eigenvalue weighted by Crippen LogP contribution is 2.62. The van der Waals surface area contributed by atoms with Crippen LogP contribution in [0.15, 0.2) is 0 Å². The van der Waals surface area contributed by atoms with Gasteiger partial charge in [-0.3, -0.25) is 9.13 Å². The Kier molecular flexibility index (Phi) is 9.43. The zero-order chi connectivity index (χ0) is 15.8. The lowest BCUT2D eigenvalue weighted by molar-refractivity contribution is 0.196. The Morgan fingerprint density at radius 1 is 0.800 bits per heavy atom. The van der Waals surface area contributed by atoms with Crippen LogP contribution >= 0.6 is 15.2 Å². The summed E-state index contributed by atoms with van der Waals surface area (Å²) in [7, 11) is -7.03. The van der Waals surface area contributed by atoms with E-state index in [1.165, 1.54) is 0 Å². The lowest BCUT2D eigenvalue weighted by atomic mass is 10.5. The van der Waals surface area contributed by atoms with E-state index in [0.717, 1.165) is 0 Å². The molecule has 0 heterocycles. The molecule has 0 saturated heterocycles. The van der Waals surface area contributed by atoms with Crippen molar-refractivity contribution in [2.75, 3.05) is 26.4 Å². The molecule has 2 atom stereocenters. The van der Waals surface area contributed by atoms with Crippen molar-refractivity contribution < 1.29 is 27.2 Å². The molecule has 0 aromatic carbocycles. The van der Waals surface area contributed by atoms with Gasteiger partial charge in [-0.25, -0.2) is 0 Å². The maximum absolute atomic E-state index is 12.7. The lowest BCUT2D eigenvalue weighted by Crippen LogP contribution is -2.35. The van der Waals surface area contributed by atoms with Gasteiger partial charge in [-0.2, -0.15) is 0 Å². The van der Waals surface area contributed by atoms with Gasteiger partial charge in [0.2, 0.25) is 0 Å². The molecule has 0 fully saturated rings. The van der Waals surface area contributed by atoms with E-state index >= 15 is 0 Å². The molecule has 2 unspecified atom stereocenters. The second-order valence-electron chi connectivity index (χ2n) is 3.98. The number of nitrogens with two attached hydrogens (primary N) is 1. The van der Waals surface area contributed by atoms with Crippen LogP contribution in [-0.4, -0.2) is 37.9 Å². The molecule has 0 aliphatic carbocycles. The van der Waals surface area contributed by atoms with Crippen LogP contribution in [-0.2, 0) is 27.2 Å². The molecular weight excluding hydrogens is 304 g/mol. The summed E-state index contributed by atoms with van der Waals surface area (Å²) in [6, 6.07) is 0. The molecule has 0 aliphatic rings. The van der Waals surface area contributed by atoms with Gasteiger partial charge in [0.25, 0.3) is 0 Å². The van der Waals surface area contributed by atoms with Crippen molar-refractivity contribution in [2.45, 2.75) is 46.1 Å². The van der Waals surface area contributed by atoms with Crippen LogP contribution < -0.4 is 5.73 Å². The first kappa shape index (κ1) is 20.3. The third-order valence-corrected chi connectivity index (χ3v) is 7.80. The fourth-order valence-corrected chi connectivity index (χ4v) is 5.94. The minimum Gasteiger partial charge on any atom is -0.317 e. The van der Waals surface area contributed by atoms with Crippen LogP contribution in [0.2, 0.25) is 0 Å². The molecule has 9 heteroatoms. The van der Waals surface area contributed by atoms with E-state index in [0.29, 0.717) is 0 Å². The molecule has 0 saturated carbocycles. The first-order chi connectivity index (χ1) is 9.31. The van der Waals surface area contributed by atoms with Gasteiger partial charge in [0, 0.05) is 0 Å². The Morgan fingerprint density at radius 2 is 1.10 bits per heavy atom. The number of hydrogen-bond donors (Lipinski definition) is 1. The SMILES string of the molecule is CCOP(=O)(OCC)C(C)C(N)P(=O)(OCC)OCC. The van der Waals surface area contributed by atoms with Crippen molar-refractivity contribution in [3.8, 4) is 0 Å². The Hall–Kier alpha value is 0.260. The van der Waals surface area contributed by atoms with E-state index in [1.807, 2.05) is 0 Å². The zero-order valence-electron chi connectivity index (χ0n) is 12.9. The monoisotopic (exact) mass is 331 g/mol. The topological polar surface area (TPSA) is 97.1 Å². The van der Waals surface area contributed by atoms with E-state index < -0.39 is 26.6 Å². The minimum absolute atomic E-state index is 0.186. The van der Waals surface area contributed by atoms with Crippen molar-refractivity contribution in [1.82, 2.24) is 0 Å². The largest absolute Gasteiger partial charge is 0.348 e. The predicted octanol–water partition coefficient (Wildman–Crippen LogP) is 3.19. The van der Waals surface area contributed by atoms with Crippen LogP contribution in [0.4, 0.5) is 0 Å². The van der Waals surface area contributed by atoms with Crippen molar-refractivity contribution in [2.24, 2.45) is 5.73 Å². The second kappa shape index (κ2) is 9.31. The summed E-state index contributed by atoms with van der Waals surface area (Å²) in [5, 5.41) is 0. The Bertz CT molecular complexity index is 311. The summed E-state index contributed by atoms with van der Waals surface area (Å²) in [4.78, 5) is 0. The minimum atomic E-state index is -3.56. The van der Waals surface area contributed by atoms with Crippen molar-refractivity contribution >= 4 is 15.2 Å². The molecule has 122 valence electrons. The molecule has 20 heavy (non-hydrogen) atoms. The van der Waals surface area contributed by atoms with E-state index in [2.05, 4.69) is 0 Å². The number of hydrogen-bond acceptors (Lipinski definition) is 7. The number of rotatable bonds is 11. The third-order valence-electron chi connectivity index (χ3n) is 2.59. The van der Waals surface area contributed by atoms with E-state index in [9.17, 15) is 9.13 Å². The third kappa shape index (κ3) is 5.23. The molecule has 0 spiro atoms. The van der Waals surface area contributed by atoms with E-state index in [-0.39, 0.29) is 26.4 Å². The van der Waals surface area contributed by atoms with Gasteiger partial charge < -0.3 is 23.8 Å². The van der Waals surface area contributed by atoms with E-state index in [4.69, 9.17) is 23.8 Å². The van der Waals surface area contributed by atoms with E-state index in [1.54, 1.807) is 34.6 Å². The first-order valence-electron chi connectivity index (χ1n) is 6.84. The summed E-state index contributed by atoms with van der Waals surface area (Å²) in [6.07, 6.45) is 0. The fourth-order valence-electron chi connectivity index (χ4n) is 1.65. The molecule has 0 aromatic rings. The van der Waals surface area contributed by atoms with Crippen LogP contribution in [0.3, 0.4) is 0 Å². The Morgan fingerprint density at radius 3 is 1.40 bits per heavy atom. The summed E-state index contributed by atoms with van der Waals surface area (Å²) in [5.41, 5.74) is 5.17. The normalized spacial score (nSPS) is 16.1. The zero-order valence-corrected chi connectivity index (χ0v) is 14.7. The van der Waals surface area contributed by atoms with Crippen LogP contribution in [0.5, 0.6) is 0 Å². The molecule has 0 rings (SSSR count). The van der Waals surface area contributed by atoms with Gasteiger partial charge in [0.1, 0.15) is 5.78 Å². The molecule has 7 nitrogen and oxygen atoms in total. The highest BCUT2D eigenvalue weighted by molar-refractivity contribution is 7.59. The van der Waals surface area contributed by atoms with Crippen molar-refractivity contribution in [3.05, 3.63) is 0 Å². The predicted molar refractivity (Wildman–Crippen MR) is 79.2 cm³/mol. The summed E-state index contributed by atoms with van der Waals surface area (Å²) in [5.74, 6) is -1.08. The maximum atomic E-state index is 12.7. The molecule has 2 N–H and O–H groups in total. The summed E-state index contributed by atoms with van der Waals surface area (Å²) >= 11 is 0. The van der Waals surface area contributed by atoms with Gasteiger partial charge in [-0.1, -0.05) is 0 Å². The molecule has 0 bridgehead atoms. The van der Waals surface area contributed by atoms with Crippen molar-refractivity contribution in [1.29, 1.82) is 0 Å². The van der Waals surface area contributed by atoms with Gasteiger partial charge in [0.15, 0.2) is 0 Å². The van der Waals surface area contributed by atoms with Gasteiger partial charge in [0.05, 0.1) is 32.1 Å². The van der Waals surface area contributed by atoms with Crippen LogP contribution in [0.1, 0.15) is 34.6 Å². The highest BCUT2D eigenvalue weighted by atomic mass is 31.2. The average molecular weight is 331 g/mol. The highest BCUT2D eigenvalue weighted by Gasteiger charge is 2.46. The van der Waals surface area contributed by atoms with Crippen LogP contribution in [0.25, 0.3) is 0 Å². The smallest absolute Gasteiger partial charge is 0.317 e. The van der Waals surface area contributed by atoms with Crippen molar-refractivity contribution in [3.63, 3.8) is 0 Å². The lowest BCUT2D eigenvalue weighted by Gasteiger charge is -2.31. The molecular formula is C11H27NO6P2. The first-order valence-corrected chi connectivity index (χ1v) is 10.1. The summed E-state index contributed by atoms with van der Waals surface area (Å²) < 4.78 is 46.1. The Labute approximate surface area is 121 Å².